The van der Waals surface area contributed by atoms with Gasteiger partial charge in [0.1, 0.15) is 11.5 Å². The summed E-state index contributed by atoms with van der Waals surface area (Å²) in [5, 5.41) is 3.04. The van der Waals surface area contributed by atoms with Crippen molar-refractivity contribution in [1.29, 1.82) is 0 Å². The van der Waals surface area contributed by atoms with E-state index in [2.05, 4.69) is 12.2 Å². The first-order valence-corrected chi connectivity index (χ1v) is 7.80. The van der Waals surface area contributed by atoms with Crippen LogP contribution in [0, 0.1) is 0 Å². The van der Waals surface area contributed by atoms with Crippen molar-refractivity contribution >= 4 is 6.03 Å². The third-order valence-electron chi connectivity index (χ3n) is 4.00. The molecule has 1 fully saturated rings. The zero-order valence-corrected chi connectivity index (χ0v) is 13.2. The van der Waals surface area contributed by atoms with Crippen molar-refractivity contribution in [3.05, 3.63) is 23.7 Å². The van der Waals surface area contributed by atoms with Gasteiger partial charge in [0.25, 0.3) is 0 Å². The number of amides is 2. The van der Waals surface area contributed by atoms with Gasteiger partial charge in [-0.1, -0.05) is 6.92 Å². The van der Waals surface area contributed by atoms with Gasteiger partial charge in [-0.2, -0.15) is 0 Å². The van der Waals surface area contributed by atoms with Gasteiger partial charge in [-0.05, 0) is 38.3 Å². The summed E-state index contributed by atoms with van der Waals surface area (Å²) < 4.78 is 10.9. The van der Waals surface area contributed by atoms with Crippen LogP contribution in [-0.4, -0.2) is 37.2 Å². The molecule has 0 unspecified atom stereocenters. The molecule has 0 radical (unpaired) electrons. The molecule has 0 spiro atoms. The Morgan fingerprint density at radius 2 is 2.38 bits per heavy atom. The molecule has 0 bridgehead atoms. The number of nitrogens with zero attached hydrogens (tertiary/aromatic N) is 1. The molecule has 5 nitrogen and oxygen atoms in total. The van der Waals surface area contributed by atoms with Crippen LogP contribution in [0.4, 0.5) is 4.79 Å². The van der Waals surface area contributed by atoms with Crippen LogP contribution in [-0.2, 0) is 11.2 Å². The second-order valence-corrected chi connectivity index (χ2v) is 5.64. The van der Waals surface area contributed by atoms with E-state index in [1.165, 1.54) is 0 Å². The molecule has 118 valence electrons. The Balaban J connectivity index is 1.96. The number of furan rings is 1. The predicted molar refractivity (Wildman–Crippen MR) is 81.3 cm³/mol. The van der Waals surface area contributed by atoms with Crippen LogP contribution < -0.4 is 5.32 Å². The van der Waals surface area contributed by atoms with Crippen LogP contribution in [0.5, 0.6) is 0 Å². The first-order chi connectivity index (χ1) is 10.2. The zero-order valence-electron chi connectivity index (χ0n) is 13.2. The fraction of sp³-hybridized carbons (Fsp3) is 0.688. The maximum atomic E-state index is 12.4. The summed E-state index contributed by atoms with van der Waals surface area (Å²) in [4.78, 5) is 14.3. The highest BCUT2D eigenvalue weighted by atomic mass is 16.5. The quantitative estimate of drug-likeness (QED) is 0.877. The minimum Gasteiger partial charge on any atom is -0.464 e. The summed E-state index contributed by atoms with van der Waals surface area (Å²) in [5.41, 5.74) is 0. The number of carbonyl (C=O) groups is 1. The molecule has 1 aromatic heterocycles. The zero-order chi connectivity index (χ0) is 15.2. The highest BCUT2D eigenvalue weighted by Crippen LogP contribution is 2.33. The monoisotopic (exact) mass is 294 g/mol. The van der Waals surface area contributed by atoms with Crippen LogP contribution in [0.2, 0.25) is 0 Å². The van der Waals surface area contributed by atoms with Gasteiger partial charge in [-0.25, -0.2) is 4.79 Å². The van der Waals surface area contributed by atoms with Gasteiger partial charge in [-0.3, -0.25) is 0 Å². The Bertz CT molecular complexity index is 458. The summed E-state index contributed by atoms with van der Waals surface area (Å²) in [7, 11) is 1.67. The first kappa shape index (κ1) is 15.9. The summed E-state index contributed by atoms with van der Waals surface area (Å²) in [6, 6.07) is 4.19. The van der Waals surface area contributed by atoms with Crippen LogP contribution in [0.25, 0.3) is 0 Å². The molecule has 0 aromatic carbocycles. The normalized spacial score (nSPS) is 19.8. The smallest absolute Gasteiger partial charge is 0.318 e. The van der Waals surface area contributed by atoms with Crippen LogP contribution in [0.3, 0.4) is 0 Å². The number of ether oxygens (including phenoxy) is 1. The van der Waals surface area contributed by atoms with Gasteiger partial charge in [0, 0.05) is 32.7 Å². The number of nitrogens with one attached hydrogen (secondary N) is 1. The number of urea groups is 1. The van der Waals surface area contributed by atoms with Crippen molar-refractivity contribution in [2.75, 3.05) is 20.3 Å². The van der Waals surface area contributed by atoms with E-state index < -0.39 is 0 Å². The third kappa shape index (κ3) is 4.00. The molecule has 1 aromatic rings. The van der Waals surface area contributed by atoms with Crippen LogP contribution in [0.1, 0.15) is 50.7 Å². The maximum Gasteiger partial charge on any atom is 0.318 e. The van der Waals surface area contributed by atoms with Crippen molar-refractivity contribution in [3.63, 3.8) is 0 Å². The van der Waals surface area contributed by atoms with Gasteiger partial charge in [0.15, 0.2) is 0 Å². The van der Waals surface area contributed by atoms with E-state index in [-0.39, 0.29) is 18.1 Å². The average Bonchev–Trinajstić information content (AvgIpc) is 3.12. The minimum atomic E-state index is -0.00412. The maximum absolute atomic E-state index is 12.4. The number of aryl methyl sites for hydroxylation is 1. The van der Waals surface area contributed by atoms with E-state index in [0.717, 1.165) is 43.7 Å². The lowest BCUT2D eigenvalue weighted by atomic mass is 10.2. The molecular weight excluding hydrogens is 268 g/mol. The van der Waals surface area contributed by atoms with Gasteiger partial charge in [0.05, 0.1) is 6.04 Å². The number of hydrogen-bond donors (Lipinski definition) is 1. The number of carbonyl (C=O) groups excluding carboxylic acids is 1. The minimum absolute atomic E-state index is 0.00412. The Hall–Kier alpha value is -1.49. The number of rotatable bonds is 6. The molecule has 0 saturated carbocycles. The van der Waals surface area contributed by atoms with Gasteiger partial charge in [0.2, 0.25) is 0 Å². The highest BCUT2D eigenvalue weighted by molar-refractivity contribution is 5.75. The van der Waals surface area contributed by atoms with Crippen molar-refractivity contribution in [1.82, 2.24) is 10.2 Å². The Morgan fingerprint density at radius 1 is 1.57 bits per heavy atom. The number of likely N-dealkylation sites (tertiary alicyclic amines) is 1. The lowest BCUT2D eigenvalue weighted by Crippen LogP contribution is -2.43. The van der Waals surface area contributed by atoms with Crippen molar-refractivity contribution in [3.8, 4) is 0 Å². The van der Waals surface area contributed by atoms with Gasteiger partial charge < -0.3 is 19.4 Å². The molecule has 1 aliphatic rings. The summed E-state index contributed by atoms with van der Waals surface area (Å²) >= 11 is 0. The number of hydrogen-bond acceptors (Lipinski definition) is 3. The summed E-state index contributed by atoms with van der Waals surface area (Å²) in [6.07, 6.45) is 3.69. The molecule has 1 aliphatic heterocycles. The molecule has 2 atom stereocenters. The van der Waals surface area contributed by atoms with E-state index in [1.807, 2.05) is 24.0 Å². The topological polar surface area (TPSA) is 54.7 Å². The Morgan fingerprint density at radius 3 is 3.05 bits per heavy atom. The first-order valence-electron chi connectivity index (χ1n) is 7.80. The second-order valence-electron chi connectivity index (χ2n) is 5.64. The lowest BCUT2D eigenvalue weighted by Gasteiger charge is -2.25. The molecule has 0 aliphatic carbocycles. The van der Waals surface area contributed by atoms with E-state index >= 15 is 0 Å². The summed E-state index contributed by atoms with van der Waals surface area (Å²) in [6.45, 7) is 5.52. The highest BCUT2D eigenvalue weighted by Gasteiger charge is 2.32. The van der Waals surface area contributed by atoms with E-state index in [0.29, 0.717) is 6.61 Å². The number of methoxy groups -OCH3 is 1. The molecule has 1 N–H and O–H groups in total. The standard InChI is InChI=1S/C16H26N2O3/c1-4-13-7-8-15(21-13)14-6-5-10-18(14)16(19)17-12(2)9-11-20-3/h7-8,12,14H,4-6,9-11H2,1-3H3,(H,17,19)/t12-,14-/m0/s1. The fourth-order valence-electron chi connectivity index (χ4n) is 2.73. The van der Waals surface area contributed by atoms with E-state index in [4.69, 9.17) is 9.15 Å². The molecule has 2 amide bonds. The SMILES string of the molecule is CCc1ccc([C@@H]2CCCN2C(=O)N[C@@H](C)CCOC)o1. The molecule has 2 heterocycles. The van der Waals surface area contributed by atoms with Crippen molar-refractivity contribution < 1.29 is 13.9 Å². The van der Waals surface area contributed by atoms with Crippen LogP contribution in [0.15, 0.2) is 16.5 Å². The third-order valence-corrected chi connectivity index (χ3v) is 4.00. The van der Waals surface area contributed by atoms with Crippen molar-refractivity contribution in [2.24, 2.45) is 0 Å². The largest absolute Gasteiger partial charge is 0.464 e. The molecule has 5 heteroatoms. The van der Waals surface area contributed by atoms with Gasteiger partial charge >= 0.3 is 6.03 Å². The summed E-state index contributed by atoms with van der Waals surface area (Å²) in [5.74, 6) is 1.88. The van der Waals surface area contributed by atoms with Gasteiger partial charge in [-0.15, -0.1) is 0 Å². The van der Waals surface area contributed by atoms with Crippen molar-refractivity contribution in [2.45, 2.75) is 51.6 Å². The average molecular weight is 294 g/mol. The van der Waals surface area contributed by atoms with Crippen LogP contribution >= 0.6 is 0 Å². The Labute approximate surface area is 126 Å². The van der Waals surface area contributed by atoms with E-state index in [9.17, 15) is 4.79 Å². The molecule has 1 saturated heterocycles. The lowest BCUT2D eigenvalue weighted by molar-refractivity contribution is 0.169. The fourth-order valence-corrected chi connectivity index (χ4v) is 2.73. The predicted octanol–water partition coefficient (Wildman–Crippen LogP) is 3.11. The van der Waals surface area contributed by atoms with E-state index in [1.54, 1.807) is 7.11 Å². The molecular formula is C16H26N2O3. The Kier molecular flexibility index (Phi) is 5.67. The molecule has 21 heavy (non-hydrogen) atoms. The molecule has 2 rings (SSSR count). The second kappa shape index (κ2) is 7.50.